The second-order valence-electron chi connectivity index (χ2n) is 5.84. The number of nitrogens with zero attached hydrogens (tertiary/aromatic N) is 2. The lowest BCUT2D eigenvalue weighted by Crippen LogP contribution is -2.49. The van der Waals surface area contributed by atoms with E-state index in [9.17, 15) is 9.18 Å². The lowest BCUT2D eigenvalue weighted by molar-refractivity contribution is -0.282. The average molecular weight is 362 g/mol. The number of amides is 1. The third-order valence-electron chi connectivity index (χ3n) is 4.05. The van der Waals surface area contributed by atoms with Gasteiger partial charge >= 0.3 is 0 Å². The fourth-order valence-electron chi connectivity index (χ4n) is 2.59. The molecule has 1 aromatic rings. The monoisotopic (exact) mass is 362 g/mol. The molecule has 0 spiro atoms. The van der Waals surface area contributed by atoms with Gasteiger partial charge in [-0.05, 0) is 35.9 Å². The lowest BCUT2D eigenvalue weighted by Gasteiger charge is -2.34. The van der Waals surface area contributed by atoms with Crippen LogP contribution in [0.3, 0.4) is 0 Å². The number of halogens is 1. The molecule has 7 nitrogen and oxygen atoms in total. The molecule has 140 valence electrons. The fraction of sp³-hybridized carbons (Fsp3) is 0.278. The summed E-state index contributed by atoms with van der Waals surface area (Å²) >= 11 is 0. The summed E-state index contributed by atoms with van der Waals surface area (Å²) < 4.78 is 13.0. The summed E-state index contributed by atoms with van der Waals surface area (Å²) in [6, 6.07) is 6.42. The van der Waals surface area contributed by atoms with E-state index >= 15 is 0 Å². The zero-order valence-electron chi connectivity index (χ0n) is 14.4. The van der Waals surface area contributed by atoms with E-state index in [1.165, 1.54) is 30.4 Å². The van der Waals surface area contributed by atoms with E-state index in [1.54, 1.807) is 17.0 Å². The number of carbonyl (C=O) groups excluding carboxylic acids is 1. The highest BCUT2D eigenvalue weighted by atomic mass is 19.1. The molecule has 0 atom stereocenters. The zero-order valence-corrected chi connectivity index (χ0v) is 14.4. The number of hydrogen-bond acceptors (Lipinski definition) is 6. The smallest absolute Gasteiger partial charge is 0.269 e. The van der Waals surface area contributed by atoms with Crippen molar-refractivity contribution in [2.24, 2.45) is 5.73 Å². The van der Waals surface area contributed by atoms with Crippen molar-refractivity contribution in [3.8, 4) is 0 Å². The van der Waals surface area contributed by atoms with Gasteiger partial charge in [-0.15, -0.1) is 4.99 Å². The average Bonchev–Trinajstić information content (AvgIpc) is 2.66. The predicted octanol–water partition coefficient (Wildman–Crippen LogP) is 1.38. The SMILES string of the molecule is C=C/C(=C\C=C(/N)C(=O)N1CCN(Cc2ccc(F)cc2)CC1)NOO. The maximum Gasteiger partial charge on any atom is 0.269 e. The normalized spacial score (nSPS) is 16.5. The van der Waals surface area contributed by atoms with Gasteiger partial charge in [0.1, 0.15) is 5.82 Å². The summed E-state index contributed by atoms with van der Waals surface area (Å²) in [5.41, 5.74) is 9.48. The first kappa shape index (κ1) is 19.6. The van der Waals surface area contributed by atoms with Crippen molar-refractivity contribution in [1.82, 2.24) is 15.3 Å². The van der Waals surface area contributed by atoms with Gasteiger partial charge in [-0.2, -0.15) is 0 Å². The second-order valence-corrected chi connectivity index (χ2v) is 5.84. The number of hydrogen-bond donors (Lipinski definition) is 3. The van der Waals surface area contributed by atoms with Crippen LogP contribution in [0.4, 0.5) is 4.39 Å². The highest BCUT2D eigenvalue weighted by Gasteiger charge is 2.22. The minimum Gasteiger partial charge on any atom is -0.394 e. The van der Waals surface area contributed by atoms with Crippen LogP contribution in [0, 0.1) is 5.82 Å². The van der Waals surface area contributed by atoms with Gasteiger partial charge in [-0.3, -0.25) is 9.69 Å². The van der Waals surface area contributed by atoms with E-state index in [2.05, 4.69) is 21.9 Å². The van der Waals surface area contributed by atoms with E-state index in [0.717, 1.165) is 5.56 Å². The predicted molar refractivity (Wildman–Crippen MR) is 95.7 cm³/mol. The van der Waals surface area contributed by atoms with Crippen molar-refractivity contribution in [3.63, 3.8) is 0 Å². The van der Waals surface area contributed by atoms with E-state index < -0.39 is 0 Å². The van der Waals surface area contributed by atoms with Gasteiger partial charge in [0.05, 0.1) is 11.4 Å². The Balaban J connectivity index is 1.87. The molecule has 0 aromatic heterocycles. The first-order valence-corrected chi connectivity index (χ1v) is 8.16. The largest absolute Gasteiger partial charge is 0.394 e. The van der Waals surface area contributed by atoms with Crippen molar-refractivity contribution in [2.45, 2.75) is 6.54 Å². The summed E-state index contributed by atoms with van der Waals surface area (Å²) in [5.74, 6) is -0.503. The van der Waals surface area contributed by atoms with E-state index in [4.69, 9.17) is 11.0 Å². The Labute approximate surface area is 151 Å². The zero-order chi connectivity index (χ0) is 18.9. The van der Waals surface area contributed by atoms with Crippen LogP contribution in [0.2, 0.25) is 0 Å². The topological polar surface area (TPSA) is 91.1 Å². The fourth-order valence-corrected chi connectivity index (χ4v) is 2.59. The van der Waals surface area contributed by atoms with E-state index in [0.29, 0.717) is 38.4 Å². The molecule has 0 saturated carbocycles. The Morgan fingerprint density at radius 1 is 1.27 bits per heavy atom. The third kappa shape index (κ3) is 5.69. The standard InChI is InChI=1S/C18H23FN4O3/c1-2-16(21-26-25)7-8-17(20)18(24)23-11-9-22(10-12-23)13-14-3-5-15(19)6-4-14/h2-8,21,25H,1,9-13,20H2/b16-7+,17-8-. The van der Waals surface area contributed by atoms with Gasteiger partial charge < -0.3 is 10.6 Å². The molecule has 26 heavy (non-hydrogen) atoms. The number of rotatable bonds is 7. The first-order chi connectivity index (χ1) is 12.5. The van der Waals surface area contributed by atoms with Gasteiger partial charge in [0.2, 0.25) is 0 Å². The second kappa shape index (κ2) is 9.71. The van der Waals surface area contributed by atoms with Gasteiger partial charge in [0.15, 0.2) is 0 Å². The third-order valence-corrected chi connectivity index (χ3v) is 4.05. The minimum absolute atomic E-state index is 0.0797. The van der Waals surface area contributed by atoms with Crippen molar-refractivity contribution < 1.29 is 19.4 Å². The number of benzene rings is 1. The summed E-state index contributed by atoms with van der Waals surface area (Å²) in [7, 11) is 0. The summed E-state index contributed by atoms with van der Waals surface area (Å²) in [4.78, 5) is 20.1. The maximum absolute atomic E-state index is 13.0. The molecule has 0 radical (unpaired) electrons. The molecular formula is C18H23FN4O3. The molecule has 1 fully saturated rings. The van der Waals surface area contributed by atoms with Crippen molar-refractivity contribution in [1.29, 1.82) is 0 Å². The van der Waals surface area contributed by atoms with Crippen LogP contribution in [0.15, 0.2) is 60.5 Å². The van der Waals surface area contributed by atoms with Crippen LogP contribution in [0.25, 0.3) is 0 Å². The minimum atomic E-state index is -0.254. The Morgan fingerprint density at radius 2 is 1.92 bits per heavy atom. The van der Waals surface area contributed by atoms with Crippen LogP contribution in [0.1, 0.15) is 5.56 Å². The molecule has 1 amide bonds. The molecule has 4 N–H and O–H groups in total. The van der Waals surface area contributed by atoms with Gasteiger partial charge in [-0.25, -0.2) is 15.1 Å². The van der Waals surface area contributed by atoms with Crippen LogP contribution in [-0.2, 0) is 16.3 Å². The Morgan fingerprint density at radius 3 is 2.50 bits per heavy atom. The molecule has 1 saturated heterocycles. The summed E-state index contributed by atoms with van der Waals surface area (Å²) in [6.45, 7) is 6.79. The van der Waals surface area contributed by atoms with Crippen LogP contribution in [-0.4, -0.2) is 47.1 Å². The number of hydroxylamine groups is 1. The van der Waals surface area contributed by atoms with Gasteiger partial charge in [0.25, 0.3) is 5.91 Å². The van der Waals surface area contributed by atoms with E-state index in [-0.39, 0.29) is 17.4 Å². The Kier molecular flexibility index (Phi) is 7.34. The lowest BCUT2D eigenvalue weighted by atomic mass is 10.2. The molecule has 1 aromatic carbocycles. The summed E-state index contributed by atoms with van der Waals surface area (Å²) in [5, 5.41) is 8.34. The number of carbonyl (C=O) groups is 1. The quantitative estimate of drug-likeness (QED) is 0.294. The number of allylic oxidation sites excluding steroid dienone is 3. The molecule has 2 rings (SSSR count). The molecule has 0 bridgehead atoms. The summed E-state index contributed by atoms with van der Waals surface area (Å²) in [6.07, 6.45) is 4.30. The maximum atomic E-state index is 13.0. The van der Waals surface area contributed by atoms with Crippen molar-refractivity contribution >= 4 is 5.91 Å². The van der Waals surface area contributed by atoms with Gasteiger partial charge in [0, 0.05) is 32.7 Å². The highest BCUT2D eigenvalue weighted by Crippen LogP contribution is 2.11. The Hall–Kier alpha value is -2.68. The molecule has 1 aliphatic heterocycles. The van der Waals surface area contributed by atoms with E-state index in [1.807, 2.05) is 0 Å². The molecule has 0 unspecified atom stereocenters. The van der Waals surface area contributed by atoms with Gasteiger partial charge in [-0.1, -0.05) is 18.7 Å². The number of nitrogens with two attached hydrogens (primary N) is 1. The van der Waals surface area contributed by atoms with Crippen LogP contribution >= 0.6 is 0 Å². The number of piperazine rings is 1. The molecule has 1 aliphatic rings. The highest BCUT2D eigenvalue weighted by molar-refractivity contribution is 5.92. The first-order valence-electron chi connectivity index (χ1n) is 8.16. The van der Waals surface area contributed by atoms with Crippen LogP contribution in [0.5, 0.6) is 0 Å². The molecule has 0 aliphatic carbocycles. The molecule has 1 heterocycles. The van der Waals surface area contributed by atoms with Crippen molar-refractivity contribution in [3.05, 3.63) is 71.8 Å². The Bertz CT molecular complexity index is 680. The number of nitrogens with one attached hydrogen (secondary N) is 1. The van der Waals surface area contributed by atoms with Crippen LogP contribution < -0.4 is 11.2 Å². The molecule has 8 heteroatoms. The van der Waals surface area contributed by atoms with Crippen molar-refractivity contribution in [2.75, 3.05) is 26.2 Å². The molecular weight excluding hydrogens is 339 g/mol.